The molecule has 0 bridgehead atoms. The van der Waals surface area contributed by atoms with E-state index in [0.29, 0.717) is 0 Å². The summed E-state index contributed by atoms with van der Waals surface area (Å²) in [5, 5.41) is 0. The molecule has 0 amide bonds. The number of hydrogen-bond donors (Lipinski definition) is 1. The van der Waals surface area contributed by atoms with Gasteiger partial charge in [-0.25, -0.2) is 9.37 Å². The summed E-state index contributed by atoms with van der Waals surface area (Å²) in [4.78, 5) is 4.29. The zero-order valence-electron chi connectivity index (χ0n) is 11.1. The maximum atomic E-state index is 13.4. The molecule has 0 aliphatic heterocycles. The molecule has 2 rings (SSSR count). The third-order valence-electron chi connectivity index (χ3n) is 3.02. The van der Waals surface area contributed by atoms with E-state index in [2.05, 4.69) is 11.9 Å². The first kappa shape index (κ1) is 13.5. The minimum Gasteiger partial charge on any atom is -0.494 e. The molecule has 0 fully saturated rings. The number of rotatable bonds is 5. The molecule has 1 atom stereocenters. The van der Waals surface area contributed by atoms with Gasteiger partial charge in [-0.3, -0.25) is 0 Å². The van der Waals surface area contributed by atoms with Crippen molar-refractivity contribution in [2.75, 3.05) is 7.11 Å². The van der Waals surface area contributed by atoms with Crippen LogP contribution in [-0.2, 0) is 6.54 Å². The highest BCUT2D eigenvalue weighted by atomic mass is 19.1. The Kier molecular flexibility index (Phi) is 4.16. The molecule has 0 spiro atoms. The average Bonchev–Trinajstić information content (AvgIpc) is 2.87. The standard InChI is InChI=1S/C14H18FN3O/c1-3-7-18-8-6-17-14(18)13(16)10-4-5-11(15)12(9-10)19-2/h4-6,8-9,13H,3,7,16H2,1-2H3. The van der Waals surface area contributed by atoms with E-state index >= 15 is 0 Å². The second-order valence-electron chi connectivity index (χ2n) is 4.35. The third-order valence-corrected chi connectivity index (χ3v) is 3.02. The minimum absolute atomic E-state index is 0.196. The van der Waals surface area contributed by atoms with Crippen LogP contribution in [0.3, 0.4) is 0 Å². The molecule has 1 heterocycles. The number of ether oxygens (including phenoxy) is 1. The normalized spacial score (nSPS) is 12.4. The number of aromatic nitrogens is 2. The number of imidazole rings is 1. The van der Waals surface area contributed by atoms with Gasteiger partial charge >= 0.3 is 0 Å². The summed E-state index contributed by atoms with van der Waals surface area (Å²) < 4.78 is 20.4. The molecule has 2 aromatic rings. The fourth-order valence-electron chi connectivity index (χ4n) is 2.05. The van der Waals surface area contributed by atoms with Crippen LogP contribution in [0.1, 0.15) is 30.8 Å². The smallest absolute Gasteiger partial charge is 0.165 e. The molecular weight excluding hydrogens is 245 g/mol. The zero-order chi connectivity index (χ0) is 13.8. The van der Waals surface area contributed by atoms with Gasteiger partial charge in [0, 0.05) is 18.9 Å². The van der Waals surface area contributed by atoms with Crippen LogP contribution in [0, 0.1) is 5.82 Å². The summed E-state index contributed by atoms with van der Waals surface area (Å²) in [6.45, 7) is 2.96. The lowest BCUT2D eigenvalue weighted by Gasteiger charge is -2.15. The molecule has 5 heteroatoms. The number of nitrogens with two attached hydrogens (primary N) is 1. The first-order valence-corrected chi connectivity index (χ1v) is 6.27. The van der Waals surface area contributed by atoms with Gasteiger partial charge < -0.3 is 15.0 Å². The van der Waals surface area contributed by atoms with Gasteiger partial charge in [-0.05, 0) is 24.1 Å². The first-order valence-electron chi connectivity index (χ1n) is 6.27. The number of benzene rings is 1. The molecule has 0 radical (unpaired) electrons. The Hall–Kier alpha value is -1.88. The molecular formula is C14H18FN3O. The van der Waals surface area contributed by atoms with Crippen LogP contribution in [0.15, 0.2) is 30.6 Å². The van der Waals surface area contributed by atoms with Gasteiger partial charge in [-0.2, -0.15) is 0 Å². The van der Waals surface area contributed by atoms with E-state index in [-0.39, 0.29) is 5.75 Å². The number of hydrogen-bond acceptors (Lipinski definition) is 3. The fraction of sp³-hybridized carbons (Fsp3) is 0.357. The lowest BCUT2D eigenvalue weighted by atomic mass is 10.1. The molecule has 4 nitrogen and oxygen atoms in total. The predicted molar refractivity (Wildman–Crippen MR) is 71.5 cm³/mol. The van der Waals surface area contributed by atoms with Gasteiger partial charge in [0.05, 0.1) is 13.2 Å². The van der Waals surface area contributed by atoms with E-state index in [9.17, 15) is 4.39 Å². The van der Waals surface area contributed by atoms with Gasteiger partial charge in [0.2, 0.25) is 0 Å². The van der Waals surface area contributed by atoms with Crippen molar-refractivity contribution < 1.29 is 9.13 Å². The van der Waals surface area contributed by atoms with Crippen molar-refractivity contribution in [2.24, 2.45) is 5.73 Å². The maximum Gasteiger partial charge on any atom is 0.165 e. The van der Waals surface area contributed by atoms with E-state index < -0.39 is 11.9 Å². The lowest BCUT2D eigenvalue weighted by molar-refractivity contribution is 0.385. The molecule has 0 saturated carbocycles. The summed E-state index contributed by atoms with van der Waals surface area (Å²) in [6, 6.07) is 4.25. The van der Waals surface area contributed by atoms with Crippen LogP contribution in [0.4, 0.5) is 4.39 Å². The summed E-state index contributed by atoms with van der Waals surface area (Å²) in [7, 11) is 1.44. The van der Waals surface area contributed by atoms with Crippen molar-refractivity contribution in [1.29, 1.82) is 0 Å². The molecule has 2 N–H and O–H groups in total. The number of halogens is 1. The van der Waals surface area contributed by atoms with Gasteiger partial charge in [0.15, 0.2) is 11.6 Å². The highest BCUT2D eigenvalue weighted by Crippen LogP contribution is 2.24. The molecule has 0 aliphatic rings. The quantitative estimate of drug-likeness (QED) is 0.901. The number of nitrogens with zero attached hydrogens (tertiary/aromatic N) is 2. The Balaban J connectivity index is 2.32. The van der Waals surface area contributed by atoms with Crippen molar-refractivity contribution >= 4 is 0 Å². The van der Waals surface area contributed by atoms with Crippen molar-refractivity contribution in [1.82, 2.24) is 9.55 Å². The van der Waals surface area contributed by atoms with E-state index in [1.165, 1.54) is 13.2 Å². The second-order valence-corrected chi connectivity index (χ2v) is 4.35. The monoisotopic (exact) mass is 263 g/mol. The summed E-state index contributed by atoms with van der Waals surface area (Å²) >= 11 is 0. The van der Waals surface area contributed by atoms with Crippen LogP contribution in [0.2, 0.25) is 0 Å². The average molecular weight is 263 g/mol. The predicted octanol–water partition coefficient (Wildman–Crippen LogP) is 2.49. The Bertz CT molecular complexity index is 553. The molecule has 1 unspecified atom stereocenters. The van der Waals surface area contributed by atoms with Crippen molar-refractivity contribution in [3.05, 3.63) is 47.8 Å². The molecule has 0 aliphatic carbocycles. The topological polar surface area (TPSA) is 53.1 Å². The molecule has 0 saturated heterocycles. The van der Waals surface area contributed by atoms with Crippen LogP contribution in [0.5, 0.6) is 5.75 Å². The van der Waals surface area contributed by atoms with Crippen LogP contribution in [0.25, 0.3) is 0 Å². The third kappa shape index (κ3) is 2.76. The maximum absolute atomic E-state index is 13.4. The van der Waals surface area contributed by atoms with Crippen molar-refractivity contribution in [3.63, 3.8) is 0 Å². The van der Waals surface area contributed by atoms with Crippen molar-refractivity contribution in [2.45, 2.75) is 25.9 Å². The molecule has 1 aromatic heterocycles. The van der Waals surface area contributed by atoms with Crippen LogP contribution < -0.4 is 10.5 Å². The van der Waals surface area contributed by atoms with Crippen molar-refractivity contribution in [3.8, 4) is 5.75 Å². The fourth-order valence-corrected chi connectivity index (χ4v) is 2.05. The van der Waals surface area contributed by atoms with Gasteiger partial charge in [-0.15, -0.1) is 0 Å². The van der Waals surface area contributed by atoms with Gasteiger partial charge in [-0.1, -0.05) is 13.0 Å². The van der Waals surface area contributed by atoms with E-state index in [4.69, 9.17) is 10.5 Å². The van der Waals surface area contributed by atoms with Crippen LogP contribution >= 0.6 is 0 Å². The zero-order valence-corrected chi connectivity index (χ0v) is 11.1. The van der Waals surface area contributed by atoms with E-state index in [0.717, 1.165) is 24.4 Å². The second kappa shape index (κ2) is 5.84. The Morgan fingerprint density at radius 2 is 2.26 bits per heavy atom. The van der Waals surface area contributed by atoms with Gasteiger partial charge in [0.25, 0.3) is 0 Å². The van der Waals surface area contributed by atoms with E-state index in [1.807, 2.05) is 10.8 Å². The highest BCUT2D eigenvalue weighted by Gasteiger charge is 2.16. The lowest BCUT2D eigenvalue weighted by Crippen LogP contribution is -2.18. The first-order chi connectivity index (χ1) is 9.17. The summed E-state index contributed by atoms with van der Waals surface area (Å²) in [5.74, 6) is 0.576. The molecule has 19 heavy (non-hydrogen) atoms. The Morgan fingerprint density at radius 1 is 1.47 bits per heavy atom. The minimum atomic E-state index is -0.393. The highest BCUT2D eigenvalue weighted by molar-refractivity contribution is 5.34. The molecule has 1 aromatic carbocycles. The number of aryl methyl sites for hydroxylation is 1. The summed E-state index contributed by atoms with van der Waals surface area (Å²) in [5.41, 5.74) is 6.98. The largest absolute Gasteiger partial charge is 0.494 e. The van der Waals surface area contributed by atoms with Gasteiger partial charge in [0.1, 0.15) is 5.82 Å². The number of methoxy groups -OCH3 is 1. The van der Waals surface area contributed by atoms with E-state index in [1.54, 1.807) is 18.3 Å². The Labute approximate surface area is 112 Å². The molecule has 102 valence electrons. The SMILES string of the molecule is CCCn1ccnc1C(N)c1ccc(F)c(OC)c1. The summed E-state index contributed by atoms with van der Waals surface area (Å²) in [6.07, 6.45) is 4.63. The van der Waals surface area contributed by atoms with Crippen LogP contribution in [-0.4, -0.2) is 16.7 Å². The Morgan fingerprint density at radius 3 is 2.95 bits per heavy atom.